The van der Waals surface area contributed by atoms with Gasteiger partial charge >= 0.3 is 5.97 Å². The molecule has 0 spiro atoms. The molecule has 4 atom stereocenters. The fourth-order valence-electron chi connectivity index (χ4n) is 1.80. The predicted octanol–water partition coefficient (Wildman–Crippen LogP) is 1.47. The summed E-state index contributed by atoms with van der Waals surface area (Å²) in [6.07, 6.45) is 0.793. The van der Waals surface area contributed by atoms with Crippen LogP contribution < -0.4 is 5.73 Å². The van der Waals surface area contributed by atoms with E-state index in [1.807, 2.05) is 20.8 Å². The highest BCUT2D eigenvalue weighted by molar-refractivity contribution is 5.81. The number of carbonyl (C=O) groups excluding carboxylic acids is 1. The highest BCUT2D eigenvalue weighted by atomic mass is 16.6. The van der Waals surface area contributed by atoms with Crippen molar-refractivity contribution in [2.24, 2.45) is 10.9 Å². The zero-order valence-corrected chi connectivity index (χ0v) is 16.8. The van der Waals surface area contributed by atoms with Crippen molar-refractivity contribution in [3.8, 4) is 0 Å². The van der Waals surface area contributed by atoms with E-state index in [0.29, 0.717) is 32.8 Å². The number of nitrogens with two attached hydrogens (primary N) is 1. The third-order valence-corrected chi connectivity index (χ3v) is 3.31. The van der Waals surface area contributed by atoms with Gasteiger partial charge in [0, 0.05) is 12.5 Å². The monoisotopic (exact) mass is 390 g/mol. The highest BCUT2D eigenvalue weighted by Crippen LogP contribution is 2.02. The molecule has 0 aliphatic carbocycles. The van der Waals surface area contributed by atoms with Crippen LogP contribution in [0.1, 0.15) is 34.1 Å². The first kappa shape index (κ1) is 25.3. The number of ether oxygens (including phenoxy) is 5. The lowest BCUT2D eigenvalue weighted by molar-refractivity contribution is -0.147. The molecular weight excluding hydrogens is 356 g/mol. The number of esters is 1. The summed E-state index contributed by atoms with van der Waals surface area (Å²) >= 11 is 0. The number of carbonyl (C=O) groups is 1. The number of amidine groups is 1. The van der Waals surface area contributed by atoms with Gasteiger partial charge in [-0.1, -0.05) is 11.7 Å². The van der Waals surface area contributed by atoms with Crippen molar-refractivity contribution in [1.29, 1.82) is 0 Å². The van der Waals surface area contributed by atoms with E-state index in [2.05, 4.69) is 11.7 Å². The molecular formula is C18H34N2O7. The van der Waals surface area contributed by atoms with Gasteiger partial charge in [-0.05, 0) is 27.7 Å². The first-order valence-electron chi connectivity index (χ1n) is 9.00. The summed E-state index contributed by atoms with van der Waals surface area (Å²) in [5, 5.41) is 11.3. The lowest BCUT2D eigenvalue weighted by atomic mass is 10.3. The topological polar surface area (TPSA) is 122 Å². The Labute approximate surface area is 161 Å². The minimum atomic E-state index is -0.469. The van der Waals surface area contributed by atoms with E-state index in [1.54, 1.807) is 6.92 Å². The Hall–Kier alpha value is -1.68. The Kier molecular flexibility index (Phi) is 14.4. The number of rotatable bonds is 16. The van der Waals surface area contributed by atoms with E-state index in [9.17, 15) is 4.79 Å². The molecule has 0 aliphatic rings. The summed E-state index contributed by atoms with van der Waals surface area (Å²) in [7, 11) is 0. The van der Waals surface area contributed by atoms with E-state index in [4.69, 9.17) is 34.6 Å². The SMILES string of the molecule is C=CC(=O)OC(C)COC(C)COC(C)COC(C)COCC/C(N)=N/O. The van der Waals surface area contributed by atoms with E-state index in [0.717, 1.165) is 6.08 Å². The first-order chi connectivity index (χ1) is 12.8. The third-order valence-electron chi connectivity index (χ3n) is 3.31. The Morgan fingerprint density at radius 3 is 1.96 bits per heavy atom. The molecule has 0 saturated heterocycles. The fraction of sp³-hybridized carbons (Fsp3) is 0.778. The second-order valence-electron chi connectivity index (χ2n) is 6.30. The van der Waals surface area contributed by atoms with Crippen LogP contribution in [0, 0.1) is 0 Å². The van der Waals surface area contributed by atoms with Crippen LogP contribution in [0.3, 0.4) is 0 Å². The quantitative estimate of drug-likeness (QED) is 0.0773. The van der Waals surface area contributed by atoms with Gasteiger partial charge < -0.3 is 34.6 Å². The van der Waals surface area contributed by atoms with Crippen molar-refractivity contribution in [3.05, 3.63) is 12.7 Å². The molecule has 0 bridgehead atoms. The summed E-state index contributed by atoms with van der Waals surface area (Å²) in [6.45, 7) is 12.7. The molecule has 9 heteroatoms. The van der Waals surface area contributed by atoms with Crippen LogP contribution in [0.4, 0.5) is 0 Å². The Morgan fingerprint density at radius 2 is 1.48 bits per heavy atom. The van der Waals surface area contributed by atoms with Gasteiger partial charge in [-0.25, -0.2) is 4.79 Å². The summed E-state index contributed by atoms with van der Waals surface area (Å²) in [4.78, 5) is 11.1. The maximum absolute atomic E-state index is 11.1. The van der Waals surface area contributed by atoms with E-state index in [-0.39, 0.29) is 36.9 Å². The third kappa shape index (κ3) is 15.1. The number of hydrogen-bond acceptors (Lipinski definition) is 8. The number of hydrogen-bond donors (Lipinski definition) is 2. The summed E-state index contributed by atoms with van der Waals surface area (Å²) in [5.74, 6) is -0.334. The van der Waals surface area contributed by atoms with Crippen molar-refractivity contribution >= 4 is 11.8 Å². The van der Waals surface area contributed by atoms with Crippen molar-refractivity contribution in [2.45, 2.75) is 58.5 Å². The molecule has 158 valence electrons. The van der Waals surface area contributed by atoms with Gasteiger partial charge in [0.15, 0.2) is 0 Å². The molecule has 27 heavy (non-hydrogen) atoms. The van der Waals surface area contributed by atoms with Gasteiger partial charge in [-0.3, -0.25) is 0 Å². The van der Waals surface area contributed by atoms with E-state index < -0.39 is 5.97 Å². The van der Waals surface area contributed by atoms with Crippen LogP contribution in [0.5, 0.6) is 0 Å². The zero-order valence-electron chi connectivity index (χ0n) is 16.8. The summed E-state index contributed by atoms with van der Waals surface area (Å²) < 4.78 is 27.3. The van der Waals surface area contributed by atoms with Gasteiger partial charge in [-0.15, -0.1) is 0 Å². The first-order valence-corrected chi connectivity index (χ1v) is 9.00. The molecule has 0 heterocycles. The molecule has 0 saturated carbocycles. The average molecular weight is 390 g/mol. The molecule has 0 aromatic carbocycles. The van der Waals surface area contributed by atoms with Gasteiger partial charge in [-0.2, -0.15) is 0 Å². The summed E-state index contributed by atoms with van der Waals surface area (Å²) in [5.41, 5.74) is 5.35. The zero-order chi connectivity index (χ0) is 20.7. The normalized spacial score (nSPS) is 16.4. The van der Waals surface area contributed by atoms with E-state index in [1.165, 1.54) is 0 Å². The van der Waals surface area contributed by atoms with Crippen LogP contribution in [-0.4, -0.2) is 74.5 Å². The van der Waals surface area contributed by atoms with Crippen LogP contribution in [-0.2, 0) is 28.5 Å². The molecule has 3 N–H and O–H groups in total. The van der Waals surface area contributed by atoms with Crippen LogP contribution in [0.15, 0.2) is 17.8 Å². The van der Waals surface area contributed by atoms with Crippen LogP contribution in [0.2, 0.25) is 0 Å². The largest absolute Gasteiger partial charge is 0.457 e. The Morgan fingerprint density at radius 1 is 1.00 bits per heavy atom. The van der Waals surface area contributed by atoms with Crippen molar-refractivity contribution in [1.82, 2.24) is 0 Å². The maximum Gasteiger partial charge on any atom is 0.330 e. The molecule has 0 fully saturated rings. The van der Waals surface area contributed by atoms with E-state index >= 15 is 0 Å². The number of oxime groups is 1. The molecule has 0 aromatic rings. The number of nitrogens with zero attached hydrogens (tertiary/aromatic N) is 1. The average Bonchev–Trinajstić information content (AvgIpc) is 2.65. The Bertz CT molecular complexity index is 445. The summed E-state index contributed by atoms with van der Waals surface area (Å²) in [6, 6.07) is 0. The van der Waals surface area contributed by atoms with Crippen molar-refractivity contribution in [2.75, 3.05) is 33.0 Å². The van der Waals surface area contributed by atoms with Gasteiger partial charge in [0.25, 0.3) is 0 Å². The van der Waals surface area contributed by atoms with Gasteiger partial charge in [0.2, 0.25) is 0 Å². The van der Waals surface area contributed by atoms with Crippen LogP contribution in [0.25, 0.3) is 0 Å². The second kappa shape index (κ2) is 15.4. The maximum atomic E-state index is 11.1. The van der Waals surface area contributed by atoms with Crippen molar-refractivity contribution in [3.63, 3.8) is 0 Å². The van der Waals surface area contributed by atoms with Gasteiger partial charge in [0.1, 0.15) is 11.9 Å². The smallest absolute Gasteiger partial charge is 0.330 e. The molecule has 9 nitrogen and oxygen atoms in total. The molecule has 0 aliphatic heterocycles. The molecule has 0 rings (SSSR count). The molecule has 0 aromatic heterocycles. The molecule has 0 amide bonds. The lowest BCUT2D eigenvalue weighted by Gasteiger charge is -2.21. The minimum Gasteiger partial charge on any atom is -0.457 e. The predicted molar refractivity (Wildman–Crippen MR) is 101 cm³/mol. The minimum absolute atomic E-state index is 0.0996. The molecule has 4 unspecified atom stereocenters. The van der Waals surface area contributed by atoms with Crippen molar-refractivity contribution < 1.29 is 33.7 Å². The van der Waals surface area contributed by atoms with Gasteiger partial charge in [0.05, 0.1) is 51.3 Å². The molecule has 0 radical (unpaired) electrons. The van der Waals surface area contributed by atoms with Crippen LogP contribution >= 0.6 is 0 Å². The highest BCUT2D eigenvalue weighted by Gasteiger charge is 2.12. The Balaban J connectivity index is 3.75. The standard InChI is InChI=1S/C18H34N2O7/c1-6-18(21)27-16(5)12-26-15(4)11-25-14(3)10-24-13(2)9-23-8-7-17(19)20-22/h6,13-16,22H,1,7-12H2,2-5H3,(H2,19,20). The lowest BCUT2D eigenvalue weighted by Crippen LogP contribution is -2.28. The fourth-order valence-corrected chi connectivity index (χ4v) is 1.80. The second-order valence-corrected chi connectivity index (χ2v) is 6.30.